The van der Waals surface area contributed by atoms with Crippen LogP contribution in [-0.4, -0.2) is 18.1 Å². The van der Waals surface area contributed by atoms with Gasteiger partial charge < -0.3 is 11.1 Å². The second-order valence-corrected chi connectivity index (χ2v) is 6.80. The van der Waals surface area contributed by atoms with E-state index in [9.17, 15) is 0 Å². The molecule has 0 amide bonds. The van der Waals surface area contributed by atoms with E-state index in [1.807, 2.05) is 0 Å². The lowest BCUT2D eigenvalue weighted by molar-refractivity contribution is 0.114. The molecule has 3 N–H and O–H groups in total. The quantitative estimate of drug-likeness (QED) is 0.773. The van der Waals surface area contributed by atoms with Crippen molar-refractivity contribution in [2.24, 2.45) is 11.1 Å². The van der Waals surface area contributed by atoms with Crippen LogP contribution in [0.2, 0.25) is 0 Å². The molecular formula is C14H28N2. The molecule has 0 aliphatic heterocycles. The molecule has 2 saturated carbocycles. The van der Waals surface area contributed by atoms with Gasteiger partial charge in [0.05, 0.1) is 0 Å². The van der Waals surface area contributed by atoms with E-state index < -0.39 is 0 Å². The predicted molar refractivity (Wildman–Crippen MR) is 69.4 cm³/mol. The van der Waals surface area contributed by atoms with Gasteiger partial charge in [0.25, 0.3) is 0 Å². The fraction of sp³-hybridized carbons (Fsp3) is 1.00. The van der Waals surface area contributed by atoms with Crippen molar-refractivity contribution in [1.82, 2.24) is 5.32 Å². The van der Waals surface area contributed by atoms with Crippen molar-refractivity contribution >= 4 is 0 Å². The Labute approximate surface area is 100 Å². The molecule has 0 aromatic heterocycles. The van der Waals surface area contributed by atoms with E-state index in [-0.39, 0.29) is 5.54 Å². The van der Waals surface area contributed by atoms with Crippen LogP contribution < -0.4 is 11.1 Å². The number of nitrogens with two attached hydrogens (primary N) is 1. The Bertz CT molecular complexity index is 231. The molecule has 2 aliphatic carbocycles. The van der Waals surface area contributed by atoms with Gasteiger partial charge in [0.2, 0.25) is 0 Å². The third-order valence-corrected chi connectivity index (χ3v) is 4.58. The molecular weight excluding hydrogens is 196 g/mol. The first-order valence-electron chi connectivity index (χ1n) is 7.03. The third kappa shape index (κ3) is 2.78. The van der Waals surface area contributed by atoms with Crippen molar-refractivity contribution in [2.45, 2.75) is 76.8 Å². The molecule has 0 radical (unpaired) electrons. The van der Waals surface area contributed by atoms with E-state index in [2.05, 4.69) is 19.2 Å². The minimum Gasteiger partial charge on any atom is -0.329 e. The van der Waals surface area contributed by atoms with Gasteiger partial charge in [-0.1, -0.05) is 33.1 Å². The molecule has 2 fully saturated rings. The minimum atomic E-state index is 0.247. The Kier molecular flexibility index (Phi) is 3.60. The fourth-order valence-electron chi connectivity index (χ4n) is 3.86. The van der Waals surface area contributed by atoms with Crippen molar-refractivity contribution < 1.29 is 0 Å². The summed E-state index contributed by atoms with van der Waals surface area (Å²) in [5, 5.41) is 3.91. The molecule has 1 unspecified atom stereocenters. The van der Waals surface area contributed by atoms with Crippen LogP contribution in [-0.2, 0) is 0 Å². The van der Waals surface area contributed by atoms with Crippen LogP contribution >= 0.6 is 0 Å². The maximum absolute atomic E-state index is 6.07. The molecule has 0 aromatic rings. The number of nitrogens with one attached hydrogen (secondary N) is 1. The summed E-state index contributed by atoms with van der Waals surface area (Å²) >= 11 is 0. The van der Waals surface area contributed by atoms with Crippen molar-refractivity contribution in [3.63, 3.8) is 0 Å². The SMILES string of the molecule is CC1(C)CCCC(CN)(NC2CCCC2)C1. The van der Waals surface area contributed by atoms with Crippen LogP contribution in [0, 0.1) is 5.41 Å². The van der Waals surface area contributed by atoms with Crippen LogP contribution in [0.4, 0.5) is 0 Å². The second-order valence-electron chi connectivity index (χ2n) is 6.80. The lowest BCUT2D eigenvalue weighted by Gasteiger charge is -2.46. The molecule has 0 spiro atoms. The summed E-state index contributed by atoms with van der Waals surface area (Å²) in [5.41, 5.74) is 6.80. The average Bonchev–Trinajstić information content (AvgIpc) is 2.69. The lowest BCUT2D eigenvalue weighted by Crippen LogP contribution is -2.58. The van der Waals surface area contributed by atoms with Crippen LogP contribution in [0.1, 0.15) is 65.2 Å². The molecule has 2 rings (SSSR count). The number of hydrogen-bond acceptors (Lipinski definition) is 2. The summed E-state index contributed by atoms with van der Waals surface area (Å²) in [6, 6.07) is 0.748. The normalized spacial score (nSPS) is 35.4. The number of rotatable bonds is 3. The van der Waals surface area contributed by atoms with Crippen LogP contribution in [0.5, 0.6) is 0 Å². The molecule has 2 heteroatoms. The molecule has 0 heterocycles. The first kappa shape index (κ1) is 12.4. The van der Waals surface area contributed by atoms with E-state index in [0.717, 1.165) is 12.6 Å². The maximum atomic E-state index is 6.07. The Balaban J connectivity index is 2.00. The highest BCUT2D eigenvalue weighted by molar-refractivity contribution is 4.99. The van der Waals surface area contributed by atoms with E-state index in [1.165, 1.54) is 51.4 Å². The second kappa shape index (κ2) is 4.66. The van der Waals surface area contributed by atoms with Crippen LogP contribution in [0.25, 0.3) is 0 Å². The number of hydrogen-bond donors (Lipinski definition) is 2. The zero-order valence-electron chi connectivity index (χ0n) is 11.0. The Morgan fingerprint density at radius 1 is 1.12 bits per heavy atom. The van der Waals surface area contributed by atoms with Gasteiger partial charge in [-0.25, -0.2) is 0 Å². The predicted octanol–water partition coefficient (Wildman–Crippen LogP) is 2.82. The highest BCUT2D eigenvalue weighted by Gasteiger charge is 2.40. The van der Waals surface area contributed by atoms with Crippen molar-refractivity contribution in [2.75, 3.05) is 6.54 Å². The highest BCUT2D eigenvalue weighted by Crippen LogP contribution is 2.41. The van der Waals surface area contributed by atoms with E-state index >= 15 is 0 Å². The van der Waals surface area contributed by atoms with Gasteiger partial charge in [0.1, 0.15) is 0 Å². The maximum Gasteiger partial charge on any atom is 0.0311 e. The average molecular weight is 224 g/mol. The molecule has 1 atom stereocenters. The third-order valence-electron chi connectivity index (χ3n) is 4.58. The zero-order valence-corrected chi connectivity index (χ0v) is 11.0. The van der Waals surface area contributed by atoms with Gasteiger partial charge in [0, 0.05) is 18.1 Å². The Morgan fingerprint density at radius 2 is 1.81 bits per heavy atom. The smallest absolute Gasteiger partial charge is 0.0311 e. The van der Waals surface area contributed by atoms with E-state index in [1.54, 1.807) is 0 Å². The van der Waals surface area contributed by atoms with Gasteiger partial charge in [0.15, 0.2) is 0 Å². The van der Waals surface area contributed by atoms with Gasteiger partial charge in [-0.2, -0.15) is 0 Å². The van der Waals surface area contributed by atoms with Gasteiger partial charge in [-0.05, 0) is 37.5 Å². The van der Waals surface area contributed by atoms with Crippen LogP contribution in [0.3, 0.4) is 0 Å². The van der Waals surface area contributed by atoms with E-state index in [4.69, 9.17) is 5.73 Å². The van der Waals surface area contributed by atoms with Crippen LogP contribution in [0.15, 0.2) is 0 Å². The molecule has 0 bridgehead atoms. The fourth-order valence-corrected chi connectivity index (χ4v) is 3.86. The Morgan fingerprint density at radius 3 is 2.38 bits per heavy atom. The van der Waals surface area contributed by atoms with Crippen molar-refractivity contribution in [3.8, 4) is 0 Å². The van der Waals surface area contributed by atoms with E-state index in [0.29, 0.717) is 5.41 Å². The van der Waals surface area contributed by atoms with Gasteiger partial charge in [-0.3, -0.25) is 0 Å². The van der Waals surface area contributed by atoms with Gasteiger partial charge >= 0.3 is 0 Å². The molecule has 2 aliphatic rings. The first-order chi connectivity index (χ1) is 7.55. The highest BCUT2D eigenvalue weighted by atomic mass is 15.0. The largest absolute Gasteiger partial charge is 0.329 e. The summed E-state index contributed by atoms with van der Waals surface area (Å²) in [7, 11) is 0. The standard InChI is InChI=1S/C14H28N2/c1-13(2)8-5-9-14(10-13,11-15)16-12-6-3-4-7-12/h12,16H,3-11,15H2,1-2H3. The van der Waals surface area contributed by atoms with Crippen molar-refractivity contribution in [3.05, 3.63) is 0 Å². The molecule has 16 heavy (non-hydrogen) atoms. The summed E-state index contributed by atoms with van der Waals surface area (Å²) in [5.74, 6) is 0. The summed E-state index contributed by atoms with van der Waals surface area (Å²) in [6.07, 6.45) is 10.8. The zero-order chi connectivity index (χ0) is 11.6. The summed E-state index contributed by atoms with van der Waals surface area (Å²) < 4.78 is 0. The topological polar surface area (TPSA) is 38.0 Å². The first-order valence-corrected chi connectivity index (χ1v) is 7.03. The minimum absolute atomic E-state index is 0.247. The Hall–Kier alpha value is -0.0800. The molecule has 94 valence electrons. The van der Waals surface area contributed by atoms with Gasteiger partial charge in [-0.15, -0.1) is 0 Å². The summed E-state index contributed by atoms with van der Waals surface area (Å²) in [4.78, 5) is 0. The monoisotopic (exact) mass is 224 g/mol. The molecule has 2 nitrogen and oxygen atoms in total. The lowest BCUT2D eigenvalue weighted by atomic mass is 9.68. The molecule has 0 aromatic carbocycles. The van der Waals surface area contributed by atoms with Crippen molar-refractivity contribution in [1.29, 1.82) is 0 Å². The summed E-state index contributed by atoms with van der Waals surface area (Å²) in [6.45, 7) is 5.60. The molecule has 0 saturated heterocycles.